The van der Waals surface area contributed by atoms with Gasteiger partial charge in [0.05, 0.1) is 23.5 Å². The Labute approximate surface area is 57.3 Å². The van der Waals surface area contributed by atoms with Gasteiger partial charge in [-0.05, 0) is 13.8 Å². The van der Waals surface area contributed by atoms with Crippen LogP contribution in [0.25, 0.3) is 0 Å². The zero-order valence-electron chi connectivity index (χ0n) is 5.55. The smallest absolute Gasteiger partial charge is 0.0697 e. The number of nitrogens with zero attached hydrogens (tertiary/aromatic N) is 2. The highest BCUT2D eigenvalue weighted by atomic mass is 31.1. The SMILES string of the molecule is CC(C#N)PC(C)C#N. The van der Waals surface area contributed by atoms with Crippen molar-refractivity contribution >= 4 is 8.58 Å². The van der Waals surface area contributed by atoms with Crippen molar-refractivity contribution in [3.8, 4) is 12.1 Å². The predicted molar refractivity (Wildman–Crippen MR) is 38.5 cm³/mol. The summed E-state index contributed by atoms with van der Waals surface area (Å²) in [5, 5.41) is 16.7. The van der Waals surface area contributed by atoms with E-state index in [-0.39, 0.29) is 11.3 Å². The molecule has 0 aliphatic carbocycles. The lowest BCUT2D eigenvalue weighted by molar-refractivity contribution is 1.17. The van der Waals surface area contributed by atoms with Crippen LogP contribution >= 0.6 is 8.58 Å². The lowest BCUT2D eigenvalue weighted by Crippen LogP contribution is -1.95. The maximum Gasteiger partial charge on any atom is 0.0697 e. The van der Waals surface area contributed by atoms with Crippen molar-refractivity contribution < 1.29 is 0 Å². The van der Waals surface area contributed by atoms with Crippen LogP contribution in [0.4, 0.5) is 0 Å². The van der Waals surface area contributed by atoms with Crippen molar-refractivity contribution in [1.82, 2.24) is 0 Å². The van der Waals surface area contributed by atoms with Gasteiger partial charge in [-0.2, -0.15) is 10.5 Å². The molecule has 2 atom stereocenters. The Hall–Kier alpha value is -0.590. The van der Waals surface area contributed by atoms with E-state index in [0.29, 0.717) is 8.58 Å². The molecule has 48 valence electrons. The molecule has 0 aromatic carbocycles. The molecule has 0 radical (unpaired) electrons. The van der Waals surface area contributed by atoms with Crippen LogP contribution in [0, 0.1) is 22.7 Å². The summed E-state index contributed by atoms with van der Waals surface area (Å²) < 4.78 is 0. The fraction of sp³-hybridized carbons (Fsp3) is 0.667. The molecule has 0 rings (SSSR count). The van der Waals surface area contributed by atoms with Crippen LogP contribution in [0.5, 0.6) is 0 Å². The average molecular weight is 140 g/mol. The summed E-state index contributed by atoms with van der Waals surface area (Å²) in [6.45, 7) is 3.68. The highest BCUT2D eigenvalue weighted by Crippen LogP contribution is 2.23. The van der Waals surface area contributed by atoms with Gasteiger partial charge in [0.25, 0.3) is 0 Å². The minimum absolute atomic E-state index is 0.0413. The van der Waals surface area contributed by atoms with Crippen molar-refractivity contribution in [2.45, 2.75) is 25.2 Å². The topological polar surface area (TPSA) is 47.6 Å². The lowest BCUT2D eigenvalue weighted by atomic mass is 10.5. The van der Waals surface area contributed by atoms with E-state index in [0.717, 1.165) is 0 Å². The first-order valence-electron chi connectivity index (χ1n) is 2.76. The minimum atomic E-state index is 0.0413. The highest BCUT2D eigenvalue weighted by Gasteiger charge is 2.04. The first-order chi connectivity index (χ1) is 4.20. The molecule has 0 fully saturated rings. The lowest BCUT2D eigenvalue weighted by Gasteiger charge is -2.01. The summed E-state index contributed by atoms with van der Waals surface area (Å²) in [5.41, 5.74) is 0.0827. The van der Waals surface area contributed by atoms with Gasteiger partial charge in [-0.3, -0.25) is 0 Å². The molecule has 3 heteroatoms. The first-order valence-corrected chi connectivity index (χ1v) is 3.91. The molecule has 2 unspecified atom stereocenters. The van der Waals surface area contributed by atoms with Crippen LogP contribution in [0.1, 0.15) is 13.8 Å². The Kier molecular flexibility index (Phi) is 4.02. The molecule has 0 saturated carbocycles. The molecule has 0 aromatic heterocycles. The molecule has 0 spiro atoms. The third-order valence-corrected chi connectivity index (χ3v) is 2.15. The Balaban J connectivity index is 3.53. The normalized spacial score (nSPS) is 16.4. The summed E-state index contributed by atoms with van der Waals surface area (Å²) in [5.74, 6) is 0. The van der Waals surface area contributed by atoms with Crippen LogP contribution in [-0.2, 0) is 0 Å². The molecule has 0 amide bonds. The standard InChI is InChI=1S/C6H9N2P/c1-5(3-7)9-6(2)4-8/h5-6,9H,1-2H3. The number of hydrogen-bond donors (Lipinski definition) is 0. The summed E-state index contributed by atoms with van der Waals surface area (Å²) in [6, 6.07) is 4.18. The Bertz CT molecular complexity index is 135. The maximum atomic E-state index is 8.33. The van der Waals surface area contributed by atoms with Crippen molar-refractivity contribution in [2.24, 2.45) is 0 Å². The maximum absolute atomic E-state index is 8.33. The second-order valence-electron chi connectivity index (χ2n) is 1.87. The van der Waals surface area contributed by atoms with Gasteiger partial charge in [-0.1, -0.05) is 8.58 Å². The Morgan fingerprint density at radius 1 is 1.11 bits per heavy atom. The molecule has 0 aliphatic rings. The summed E-state index contributed by atoms with van der Waals surface area (Å²) >= 11 is 0. The molecule has 2 nitrogen and oxygen atoms in total. The van der Waals surface area contributed by atoms with Crippen molar-refractivity contribution in [3.05, 3.63) is 0 Å². The summed E-state index contributed by atoms with van der Waals surface area (Å²) in [7, 11) is 0.458. The molecule has 0 bridgehead atoms. The van der Waals surface area contributed by atoms with E-state index in [1.165, 1.54) is 0 Å². The minimum Gasteiger partial charge on any atom is -0.198 e. The fourth-order valence-corrected chi connectivity index (χ4v) is 1.35. The number of rotatable bonds is 2. The van der Waals surface area contributed by atoms with Gasteiger partial charge in [-0.25, -0.2) is 0 Å². The zero-order chi connectivity index (χ0) is 7.28. The molecule has 0 aromatic rings. The molecular weight excluding hydrogens is 131 g/mol. The first kappa shape index (κ1) is 8.41. The number of nitriles is 2. The zero-order valence-corrected chi connectivity index (χ0v) is 6.55. The summed E-state index contributed by atoms with van der Waals surface area (Å²) in [6.07, 6.45) is 0. The molecule has 0 heterocycles. The van der Waals surface area contributed by atoms with Crippen LogP contribution in [-0.4, -0.2) is 11.3 Å². The van der Waals surface area contributed by atoms with Crippen LogP contribution in [0.2, 0.25) is 0 Å². The third-order valence-electron chi connectivity index (χ3n) is 0.887. The number of hydrogen-bond acceptors (Lipinski definition) is 2. The van der Waals surface area contributed by atoms with E-state index in [1.54, 1.807) is 0 Å². The largest absolute Gasteiger partial charge is 0.198 e. The third kappa shape index (κ3) is 3.95. The monoisotopic (exact) mass is 140 g/mol. The molecule has 0 saturated heterocycles. The van der Waals surface area contributed by atoms with Crippen molar-refractivity contribution in [2.75, 3.05) is 0 Å². The van der Waals surface area contributed by atoms with Gasteiger partial charge in [-0.15, -0.1) is 0 Å². The Morgan fingerprint density at radius 3 is 1.67 bits per heavy atom. The van der Waals surface area contributed by atoms with Gasteiger partial charge in [0.1, 0.15) is 0 Å². The second kappa shape index (κ2) is 4.30. The van der Waals surface area contributed by atoms with Gasteiger partial charge >= 0.3 is 0 Å². The van der Waals surface area contributed by atoms with Crippen LogP contribution in [0.15, 0.2) is 0 Å². The molecule has 0 aliphatic heterocycles. The summed E-state index contributed by atoms with van der Waals surface area (Å²) in [4.78, 5) is 0. The van der Waals surface area contributed by atoms with Crippen LogP contribution < -0.4 is 0 Å². The molecule has 9 heavy (non-hydrogen) atoms. The second-order valence-corrected chi connectivity index (χ2v) is 3.93. The van der Waals surface area contributed by atoms with Gasteiger partial charge in [0, 0.05) is 0 Å². The van der Waals surface area contributed by atoms with Crippen molar-refractivity contribution in [1.29, 1.82) is 10.5 Å². The van der Waals surface area contributed by atoms with Gasteiger partial charge < -0.3 is 0 Å². The van der Waals surface area contributed by atoms with Crippen molar-refractivity contribution in [3.63, 3.8) is 0 Å². The highest BCUT2D eigenvalue weighted by molar-refractivity contribution is 7.40. The van der Waals surface area contributed by atoms with E-state index >= 15 is 0 Å². The Morgan fingerprint density at radius 2 is 1.44 bits per heavy atom. The average Bonchev–Trinajstić information content (AvgIpc) is 1.87. The molecular formula is C6H9N2P. The van der Waals surface area contributed by atoms with E-state index in [4.69, 9.17) is 10.5 Å². The van der Waals surface area contributed by atoms with E-state index in [2.05, 4.69) is 12.1 Å². The van der Waals surface area contributed by atoms with Crippen LogP contribution in [0.3, 0.4) is 0 Å². The van der Waals surface area contributed by atoms with Gasteiger partial charge in [0.15, 0.2) is 0 Å². The predicted octanol–water partition coefficient (Wildman–Crippen LogP) is 1.49. The van der Waals surface area contributed by atoms with E-state index < -0.39 is 0 Å². The van der Waals surface area contributed by atoms with E-state index in [9.17, 15) is 0 Å². The van der Waals surface area contributed by atoms with Gasteiger partial charge in [0.2, 0.25) is 0 Å². The quantitative estimate of drug-likeness (QED) is 0.545. The van der Waals surface area contributed by atoms with E-state index in [1.807, 2.05) is 13.8 Å². The molecule has 0 N–H and O–H groups in total. The fourth-order valence-electron chi connectivity index (χ4n) is 0.450.